The quantitative estimate of drug-likeness (QED) is 0.643. The molecule has 1 saturated carbocycles. The highest BCUT2D eigenvalue weighted by Crippen LogP contribution is 2.24. The van der Waals surface area contributed by atoms with E-state index < -0.39 is 5.97 Å². The van der Waals surface area contributed by atoms with E-state index in [0.29, 0.717) is 31.4 Å². The molecule has 0 spiro atoms. The van der Waals surface area contributed by atoms with Crippen molar-refractivity contribution in [2.75, 3.05) is 5.32 Å². The second kappa shape index (κ2) is 7.72. The lowest BCUT2D eigenvalue weighted by atomic mass is 9.86. The molecule has 0 atom stereocenters. The van der Waals surface area contributed by atoms with E-state index >= 15 is 0 Å². The van der Waals surface area contributed by atoms with Crippen LogP contribution in [0.5, 0.6) is 0 Å². The summed E-state index contributed by atoms with van der Waals surface area (Å²) in [7, 11) is 0. The van der Waals surface area contributed by atoms with Crippen LogP contribution in [0.15, 0.2) is 54.7 Å². The average molecular weight is 378 g/mol. The Kier molecular flexibility index (Phi) is 4.97. The molecule has 0 radical (unpaired) electrons. The van der Waals surface area contributed by atoms with E-state index in [9.17, 15) is 9.59 Å². The summed E-state index contributed by atoms with van der Waals surface area (Å²) in [4.78, 5) is 23.2. The molecule has 144 valence electrons. The maximum atomic E-state index is 12.2. The van der Waals surface area contributed by atoms with Crippen LogP contribution in [-0.2, 0) is 4.79 Å². The van der Waals surface area contributed by atoms with Gasteiger partial charge in [0.2, 0.25) is 0 Å². The molecule has 4 rings (SSSR count). The summed E-state index contributed by atoms with van der Waals surface area (Å²) in [6, 6.07) is 15.2. The van der Waals surface area contributed by atoms with Gasteiger partial charge in [-0.3, -0.25) is 4.79 Å². The average Bonchev–Trinajstić information content (AvgIpc) is 3.13. The molecule has 0 saturated heterocycles. The second-order valence-corrected chi connectivity index (χ2v) is 7.15. The van der Waals surface area contributed by atoms with Crippen LogP contribution in [0.4, 0.5) is 10.5 Å². The lowest BCUT2D eigenvalue weighted by Gasteiger charge is -2.26. The van der Waals surface area contributed by atoms with Crippen LogP contribution < -0.4 is 10.6 Å². The molecular weight excluding hydrogens is 356 g/mol. The number of aromatic nitrogens is 2. The molecule has 1 aliphatic carbocycles. The fraction of sp³-hybridized carbons (Fsp3) is 0.286. The predicted molar refractivity (Wildman–Crippen MR) is 107 cm³/mol. The summed E-state index contributed by atoms with van der Waals surface area (Å²) in [6.45, 7) is 0. The Labute approximate surface area is 162 Å². The molecule has 1 aliphatic rings. The van der Waals surface area contributed by atoms with Crippen LogP contribution in [0, 0.1) is 5.92 Å². The number of fused-ring (bicyclic) bond motifs is 1. The number of amides is 2. The molecular formula is C21H22N4O3. The standard InChI is InChI=1S/C21H22N4O3/c26-20(27)14-5-7-16(8-6-14)23-21(28)24-17-9-11-18(12-10-17)25-19-4-2-1-3-15(19)13-22-25/h1-4,9-14,16H,5-8H2,(H,26,27)(H2,23,24,28). The fourth-order valence-electron chi connectivity index (χ4n) is 3.70. The van der Waals surface area contributed by atoms with Crippen LogP contribution in [0.3, 0.4) is 0 Å². The number of benzene rings is 2. The normalized spacial score (nSPS) is 19.3. The van der Waals surface area contributed by atoms with Gasteiger partial charge in [0.05, 0.1) is 23.3 Å². The topological polar surface area (TPSA) is 96.3 Å². The van der Waals surface area contributed by atoms with E-state index in [1.165, 1.54) is 0 Å². The van der Waals surface area contributed by atoms with Gasteiger partial charge < -0.3 is 15.7 Å². The number of nitrogens with zero attached hydrogens (tertiary/aromatic N) is 2. The zero-order chi connectivity index (χ0) is 19.5. The number of hydrogen-bond acceptors (Lipinski definition) is 3. The van der Waals surface area contributed by atoms with Crippen molar-refractivity contribution in [2.45, 2.75) is 31.7 Å². The van der Waals surface area contributed by atoms with Gasteiger partial charge >= 0.3 is 12.0 Å². The Balaban J connectivity index is 1.36. The minimum Gasteiger partial charge on any atom is -0.481 e. The highest BCUT2D eigenvalue weighted by Gasteiger charge is 2.26. The van der Waals surface area contributed by atoms with Crippen molar-refractivity contribution in [1.82, 2.24) is 15.1 Å². The van der Waals surface area contributed by atoms with Crippen LogP contribution in [0.25, 0.3) is 16.6 Å². The Morgan fingerprint density at radius 2 is 1.71 bits per heavy atom. The van der Waals surface area contributed by atoms with Gasteiger partial charge in [-0.05, 0) is 56.0 Å². The number of carboxylic acid groups (broad SMARTS) is 1. The molecule has 3 aromatic rings. The number of anilines is 1. The van der Waals surface area contributed by atoms with Crippen LogP contribution >= 0.6 is 0 Å². The Bertz CT molecular complexity index is 988. The molecule has 7 heteroatoms. The van der Waals surface area contributed by atoms with Gasteiger partial charge in [0.25, 0.3) is 0 Å². The molecule has 2 aromatic carbocycles. The van der Waals surface area contributed by atoms with Gasteiger partial charge in [-0.15, -0.1) is 0 Å². The molecule has 0 aliphatic heterocycles. The lowest BCUT2D eigenvalue weighted by Crippen LogP contribution is -2.40. The number of urea groups is 1. The van der Waals surface area contributed by atoms with E-state index in [1.54, 1.807) is 0 Å². The minimum absolute atomic E-state index is 0.0188. The molecule has 2 amide bonds. The first-order chi connectivity index (χ1) is 13.6. The summed E-state index contributed by atoms with van der Waals surface area (Å²) in [5, 5.41) is 20.3. The van der Waals surface area contributed by atoms with Crippen LogP contribution in [-0.4, -0.2) is 32.9 Å². The third kappa shape index (κ3) is 3.83. The molecule has 3 N–H and O–H groups in total. The maximum absolute atomic E-state index is 12.2. The largest absolute Gasteiger partial charge is 0.481 e. The van der Waals surface area contributed by atoms with Gasteiger partial charge in [0, 0.05) is 17.1 Å². The van der Waals surface area contributed by atoms with Crippen molar-refractivity contribution in [3.05, 3.63) is 54.7 Å². The fourth-order valence-corrected chi connectivity index (χ4v) is 3.70. The van der Waals surface area contributed by atoms with Gasteiger partial charge in [0.1, 0.15) is 0 Å². The van der Waals surface area contributed by atoms with E-state index in [2.05, 4.69) is 15.7 Å². The summed E-state index contributed by atoms with van der Waals surface area (Å²) in [6.07, 6.45) is 4.42. The monoisotopic (exact) mass is 378 g/mol. The third-order valence-corrected chi connectivity index (χ3v) is 5.26. The SMILES string of the molecule is O=C(Nc1ccc(-n2ncc3ccccc32)cc1)NC1CCC(C(=O)O)CC1. The van der Waals surface area contributed by atoms with Crippen molar-refractivity contribution in [2.24, 2.45) is 5.92 Å². The first kappa shape index (κ1) is 18.0. The lowest BCUT2D eigenvalue weighted by molar-refractivity contribution is -0.142. The summed E-state index contributed by atoms with van der Waals surface area (Å²) in [5.74, 6) is -1.03. The number of carbonyl (C=O) groups excluding carboxylic acids is 1. The first-order valence-electron chi connectivity index (χ1n) is 9.44. The number of aliphatic carboxylic acids is 1. The number of carbonyl (C=O) groups is 2. The molecule has 0 bridgehead atoms. The third-order valence-electron chi connectivity index (χ3n) is 5.26. The highest BCUT2D eigenvalue weighted by atomic mass is 16.4. The van der Waals surface area contributed by atoms with Crippen molar-refractivity contribution in [3.63, 3.8) is 0 Å². The van der Waals surface area contributed by atoms with Gasteiger partial charge in [0.15, 0.2) is 0 Å². The van der Waals surface area contributed by atoms with Gasteiger partial charge in [-0.25, -0.2) is 9.48 Å². The van der Waals surface area contributed by atoms with Gasteiger partial charge in [-0.1, -0.05) is 18.2 Å². The zero-order valence-corrected chi connectivity index (χ0v) is 15.3. The maximum Gasteiger partial charge on any atom is 0.319 e. The van der Waals surface area contributed by atoms with Gasteiger partial charge in [-0.2, -0.15) is 5.10 Å². The summed E-state index contributed by atoms with van der Waals surface area (Å²) in [5.41, 5.74) is 2.63. The molecule has 28 heavy (non-hydrogen) atoms. The molecule has 7 nitrogen and oxygen atoms in total. The Morgan fingerprint density at radius 3 is 2.43 bits per heavy atom. The second-order valence-electron chi connectivity index (χ2n) is 7.15. The van der Waals surface area contributed by atoms with E-state index in [1.807, 2.05) is 59.4 Å². The molecule has 1 fully saturated rings. The minimum atomic E-state index is -0.743. The first-order valence-corrected chi connectivity index (χ1v) is 9.44. The summed E-state index contributed by atoms with van der Waals surface area (Å²) < 4.78 is 1.86. The van der Waals surface area contributed by atoms with E-state index in [4.69, 9.17) is 5.11 Å². The number of rotatable bonds is 4. The molecule has 1 aromatic heterocycles. The van der Waals surface area contributed by atoms with Crippen molar-refractivity contribution < 1.29 is 14.7 Å². The Hall–Kier alpha value is -3.35. The predicted octanol–water partition coefficient (Wildman–Crippen LogP) is 3.79. The molecule has 0 unspecified atom stereocenters. The number of para-hydroxylation sites is 1. The van der Waals surface area contributed by atoms with Crippen LogP contribution in [0.1, 0.15) is 25.7 Å². The number of hydrogen-bond donors (Lipinski definition) is 3. The van der Waals surface area contributed by atoms with E-state index in [0.717, 1.165) is 16.6 Å². The van der Waals surface area contributed by atoms with Crippen molar-refractivity contribution in [3.8, 4) is 5.69 Å². The zero-order valence-electron chi connectivity index (χ0n) is 15.3. The van der Waals surface area contributed by atoms with Crippen molar-refractivity contribution in [1.29, 1.82) is 0 Å². The summed E-state index contributed by atoms with van der Waals surface area (Å²) >= 11 is 0. The Morgan fingerprint density at radius 1 is 1.00 bits per heavy atom. The number of nitrogens with one attached hydrogen (secondary N) is 2. The van der Waals surface area contributed by atoms with E-state index in [-0.39, 0.29) is 18.0 Å². The molecule has 1 heterocycles. The van der Waals surface area contributed by atoms with Crippen molar-refractivity contribution >= 4 is 28.6 Å². The smallest absolute Gasteiger partial charge is 0.319 e. The highest BCUT2D eigenvalue weighted by molar-refractivity contribution is 5.89. The number of carboxylic acids is 1. The van der Waals surface area contributed by atoms with Crippen LogP contribution in [0.2, 0.25) is 0 Å².